The van der Waals surface area contributed by atoms with Crippen LogP contribution in [0.1, 0.15) is 46.5 Å². The number of anilines is 1. The average Bonchev–Trinajstić information content (AvgIpc) is 2.38. The van der Waals surface area contributed by atoms with Gasteiger partial charge >= 0.3 is 0 Å². The number of carbonyl (C=O) groups excluding carboxylic acids is 1. The number of pyridine rings is 1. The van der Waals surface area contributed by atoms with Crippen molar-refractivity contribution >= 4 is 23.3 Å². The Balaban J connectivity index is 1.89. The van der Waals surface area contributed by atoms with Crippen molar-refractivity contribution in [1.82, 2.24) is 4.98 Å². The standard InChI is InChI=1S/C16H23ClN2O/c1-16(2,3)12-9-7-11(8-10-12)15(20)19-14-6-4-5-13(17)18-14/h4-6,11-12H,7-10H2,1-3H3,(H,18,19,20). The molecule has 1 aliphatic rings. The minimum Gasteiger partial charge on any atom is -0.310 e. The summed E-state index contributed by atoms with van der Waals surface area (Å²) in [5.41, 5.74) is 0.343. The highest BCUT2D eigenvalue weighted by Gasteiger charge is 2.32. The number of amides is 1. The summed E-state index contributed by atoms with van der Waals surface area (Å²) in [5.74, 6) is 1.44. The van der Waals surface area contributed by atoms with E-state index in [1.807, 2.05) is 0 Å². The second-order valence-electron chi connectivity index (χ2n) is 6.75. The molecule has 0 unspecified atom stereocenters. The fraction of sp³-hybridized carbons (Fsp3) is 0.625. The van der Waals surface area contributed by atoms with Crippen molar-refractivity contribution in [3.05, 3.63) is 23.4 Å². The molecule has 0 bridgehead atoms. The molecule has 0 atom stereocenters. The second kappa shape index (κ2) is 6.13. The third kappa shape index (κ3) is 3.95. The molecule has 0 saturated heterocycles. The molecule has 1 amide bonds. The zero-order chi connectivity index (χ0) is 14.8. The highest BCUT2D eigenvalue weighted by Crippen LogP contribution is 2.40. The van der Waals surface area contributed by atoms with Crippen LogP contribution in [0.25, 0.3) is 0 Å². The van der Waals surface area contributed by atoms with Crippen molar-refractivity contribution in [2.75, 3.05) is 5.32 Å². The number of nitrogens with zero attached hydrogens (tertiary/aromatic N) is 1. The lowest BCUT2D eigenvalue weighted by Crippen LogP contribution is -2.31. The summed E-state index contributed by atoms with van der Waals surface area (Å²) in [4.78, 5) is 16.3. The van der Waals surface area contributed by atoms with E-state index in [1.165, 1.54) is 0 Å². The molecule has 20 heavy (non-hydrogen) atoms. The van der Waals surface area contributed by atoms with Crippen LogP contribution in [0.2, 0.25) is 5.15 Å². The molecule has 1 aromatic rings. The maximum Gasteiger partial charge on any atom is 0.228 e. The third-order valence-electron chi connectivity index (χ3n) is 4.29. The van der Waals surface area contributed by atoms with E-state index in [0.29, 0.717) is 16.4 Å². The van der Waals surface area contributed by atoms with Gasteiger partial charge in [-0.2, -0.15) is 0 Å². The smallest absolute Gasteiger partial charge is 0.228 e. The van der Waals surface area contributed by atoms with E-state index in [0.717, 1.165) is 31.6 Å². The molecule has 1 aromatic heterocycles. The Morgan fingerprint density at radius 1 is 1.25 bits per heavy atom. The molecule has 0 aliphatic heterocycles. The Kier molecular flexibility index (Phi) is 4.69. The Hall–Kier alpha value is -1.09. The fourth-order valence-corrected chi connectivity index (χ4v) is 3.09. The number of rotatable bonds is 2. The zero-order valence-electron chi connectivity index (χ0n) is 12.4. The first-order valence-electron chi connectivity index (χ1n) is 7.29. The first-order chi connectivity index (χ1) is 9.36. The molecular weight excluding hydrogens is 272 g/mol. The Morgan fingerprint density at radius 2 is 1.90 bits per heavy atom. The van der Waals surface area contributed by atoms with E-state index >= 15 is 0 Å². The van der Waals surface area contributed by atoms with Crippen LogP contribution in [0.3, 0.4) is 0 Å². The maximum absolute atomic E-state index is 12.2. The summed E-state index contributed by atoms with van der Waals surface area (Å²) in [7, 11) is 0. The quantitative estimate of drug-likeness (QED) is 0.815. The Bertz CT molecular complexity index is 474. The van der Waals surface area contributed by atoms with Gasteiger partial charge in [0, 0.05) is 5.92 Å². The van der Waals surface area contributed by atoms with Crippen LogP contribution in [-0.2, 0) is 4.79 Å². The van der Waals surface area contributed by atoms with Crippen LogP contribution in [0.15, 0.2) is 18.2 Å². The van der Waals surface area contributed by atoms with Crippen molar-refractivity contribution in [3.63, 3.8) is 0 Å². The fourth-order valence-electron chi connectivity index (χ4n) is 2.93. The van der Waals surface area contributed by atoms with Crippen molar-refractivity contribution in [1.29, 1.82) is 0 Å². The van der Waals surface area contributed by atoms with Gasteiger partial charge in [0.1, 0.15) is 11.0 Å². The molecule has 0 radical (unpaired) electrons. The summed E-state index contributed by atoms with van der Waals surface area (Å²) in [6.07, 6.45) is 4.19. The average molecular weight is 295 g/mol. The van der Waals surface area contributed by atoms with Gasteiger partial charge in [-0.3, -0.25) is 4.79 Å². The van der Waals surface area contributed by atoms with E-state index in [-0.39, 0.29) is 11.8 Å². The van der Waals surface area contributed by atoms with Crippen molar-refractivity contribution in [3.8, 4) is 0 Å². The number of hydrogen-bond donors (Lipinski definition) is 1. The van der Waals surface area contributed by atoms with Gasteiger partial charge in [0.05, 0.1) is 0 Å². The van der Waals surface area contributed by atoms with Gasteiger partial charge in [-0.15, -0.1) is 0 Å². The Labute approximate surface area is 126 Å². The zero-order valence-corrected chi connectivity index (χ0v) is 13.2. The van der Waals surface area contributed by atoms with Gasteiger partial charge in [-0.25, -0.2) is 4.98 Å². The molecule has 1 aliphatic carbocycles. The number of halogens is 1. The molecule has 1 N–H and O–H groups in total. The highest BCUT2D eigenvalue weighted by atomic mass is 35.5. The predicted molar refractivity (Wildman–Crippen MR) is 82.8 cm³/mol. The maximum atomic E-state index is 12.2. The molecule has 0 spiro atoms. The molecule has 0 aromatic carbocycles. The van der Waals surface area contributed by atoms with Gasteiger partial charge in [0.2, 0.25) is 5.91 Å². The van der Waals surface area contributed by atoms with Crippen LogP contribution in [0.4, 0.5) is 5.82 Å². The van der Waals surface area contributed by atoms with E-state index in [9.17, 15) is 4.79 Å². The van der Waals surface area contributed by atoms with Crippen LogP contribution in [-0.4, -0.2) is 10.9 Å². The van der Waals surface area contributed by atoms with Gasteiger partial charge in [-0.1, -0.05) is 38.4 Å². The minimum atomic E-state index is 0.0760. The molecule has 2 rings (SSSR count). The topological polar surface area (TPSA) is 42.0 Å². The SMILES string of the molecule is CC(C)(C)C1CCC(C(=O)Nc2cccc(Cl)n2)CC1. The molecule has 3 nitrogen and oxygen atoms in total. The molecule has 1 fully saturated rings. The first-order valence-corrected chi connectivity index (χ1v) is 7.67. The van der Waals surface area contributed by atoms with Crippen LogP contribution in [0, 0.1) is 17.3 Å². The Morgan fingerprint density at radius 3 is 2.45 bits per heavy atom. The van der Waals surface area contributed by atoms with Gasteiger partial charge in [0.15, 0.2) is 0 Å². The predicted octanol–water partition coefficient (Wildman–Crippen LogP) is 4.53. The second-order valence-corrected chi connectivity index (χ2v) is 7.14. The van der Waals surface area contributed by atoms with Crippen molar-refractivity contribution < 1.29 is 4.79 Å². The summed E-state index contributed by atoms with van der Waals surface area (Å²) >= 11 is 5.82. The van der Waals surface area contributed by atoms with E-state index < -0.39 is 0 Å². The van der Waals surface area contributed by atoms with Gasteiger partial charge in [0.25, 0.3) is 0 Å². The third-order valence-corrected chi connectivity index (χ3v) is 4.50. The van der Waals surface area contributed by atoms with Crippen molar-refractivity contribution in [2.24, 2.45) is 17.3 Å². The van der Waals surface area contributed by atoms with E-state index in [2.05, 4.69) is 31.1 Å². The lowest BCUT2D eigenvalue weighted by molar-refractivity contribution is -0.121. The number of nitrogens with one attached hydrogen (secondary N) is 1. The number of hydrogen-bond acceptors (Lipinski definition) is 2. The molecule has 110 valence electrons. The van der Waals surface area contributed by atoms with E-state index in [1.54, 1.807) is 18.2 Å². The van der Waals surface area contributed by atoms with Gasteiger partial charge in [-0.05, 0) is 49.1 Å². The van der Waals surface area contributed by atoms with Crippen molar-refractivity contribution in [2.45, 2.75) is 46.5 Å². The molecule has 1 heterocycles. The monoisotopic (exact) mass is 294 g/mol. The van der Waals surface area contributed by atoms with Crippen LogP contribution >= 0.6 is 11.6 Å². The molecule has 4 heteroatoms. The van der Waals surface area contributed by atoms with Crippen LogP contribution in [0.5, 0.6) is 0 Å². The lowest BCUT2D eigenvalue weighted by Gasteiger charge is -2.36. The summed E-state index contributed by atoms with van der Waals surface area (Å²) < 4.78 is 0. The largest absolute Gasteiger partial charge is 0.310 e. The summed E-state index contributed by atoms with van der Waals surface area (Å²) in [5, 5.41) is 3.27. The van der Waals surface area contributed by atoms with Crippen LogP contribution < -0.4 is 5.32 Å². The number of carbonyl (C=O) groups is 1. The number of aromatic nitrogens is 1. The summed E-state index contributed by atoms with van der Waals surface area (Å²) in [6.45, 7) is 6.86. The highest BCUT2D eigenvalue weighted by molar-refractivity contribution is 6.29. The van der Waals surface area contributed by atoms with Gasteiger partial charge < -0.3 is 5.32 Å². The first kappa shape index (κ1) is 15.3. The lowest BCUT2D eigenvalue weighted by atomic mass is 9.70. The normalized spacial score (nSPS) is 23.4. The molecular formula is C16H23ClN2O. The minimum absolute atomic E-state index is 0.0760. The molecule has 1 saturated carbocycles. The van der Waals surface area contributed by atoms with E-state index in [4.69, 9.17) is 11.6 Å². The summed E-state index contributed by atoms with van der Waals surface area (Å²) in [6, 6.07) is 5.26.